The highest BCUT2D eigenvalue weighted by Gasteiger charge is 2.35. The van der Waals surface area contributed by atoms with Crippen molar-refractivity contribution in [1.82, 2.24) is 15.2 Å². The fourth-order valence-corrected chi connectivity index (χ4v) is 4.58. The maximum atomic E-state index is 13.0. The number of amides is 1. The molecule has 2 aromatic carbocycles. The average molecular weight is 495 g/mol. The summed E-state index contributed by atoms with van der Waals surface area (Å²) in [5.41, 5.74) is 2.30. The molecule has 0 spiro atoms. The first-order valence-electron chi connectivity index (χ1n) is 11.2. The molecule has 0 saturated heterocycles. The Bertz CT molecular complexity index is 1250. The Labute approximate surface area is 207 Å². The molecule has 9 nitrogen and oxygen atoms in total. The normalized spacial score (nSPS) is 14.3. The number of anilines is 1. The van der Waals surface area contributed by atoms with E-state index in [-0.39, 0.29) is 17.5 Å². The molecule has 0 saturated carbocycles. The second kappa shape index (κ2) is 10.7. The van der Waals surface area contributed by atoms with Crippen molar-refractivity contribution in [3.63, 3.8) is 0 Å². The number of nitrogens with zero attached hydrogens (tertiary/aromatic N) is 4. The Morgan fingerprint density at radius 3 is 2.63 bits per heavy atom. The van der Waals surface area contributed by atoms with Crippen molar-refractivity contribution < 1.29 is 23.8 Å². The number of rotatable bonds is 7. The van der Waals surface area contributed by atoms with Crippen LogP contribution in [0.2, 0.25) is 0 Å². The highest BCUT2D eigenvalue weighted by molar-refractivity contribution is 7.99. The van der Waals surface area contributed by atoms with Gasteiger partial charge in [-0.15, -0.1) is 10.2 Å². The van der Waals surface area contributed by atoms with E-state index in [1.807, 2.05) is 24.3 Å². The van der Waals surface area contributed by atoms with Gasteiger partial charge in [-0.2, -0.15) is 4.98 Å². The van der Waals surface area contributed by atoms with E-state index in [0.717, 1.165) is 18.6 Å². The van der Waals surface area contributed by atoms with Gasteiger partial charge in [-0.3, -0.25) is 14.5 Å². The molecule has 182 valence electrons. The smallest absolute Gasteiger partial charge is 0.308 e. The topological polar surface area (TPSA) is 104 Å². The number of carbonyl (C=O) groups is 2. The van der Waals surface area contributed by atoms with Gasteiger partial charge in [-0.05, 0) is 30.7 Å². The Morgan fingerprint density at radius 1 is 1.11 bits per heavy atom. The van der Waals surface area contributed by atoms with Crippen LogP contribution < -0.4 is 19.1 Å². The largest absolute Gasteiger partial charge is 0.493 e. The van der Waals surface area contributed by atoms with Crippen LogP contribution in [0.15, 0.2) is 47.6 Å². The number of carbonyl (C=O) groups excluding carboxylic acids is 2. The van der Waals surface area contributed by atoms with Gasteiger partial charge in [0, 0.05) is 30.7 Å². The zero-order valence-corrected chi connectivity index (χ0v) is 20.8. The van der Waals surface area contributed by atoms with E-state index in [1.165, 1.54) is 37.6 Å². The number of thioether (sulfide) groups is 1. The molecular weight excluding hydrogens is 468 g/mol. The first kappa shape index (κ1) is 24.5. The predicted molar refractivity (Wildman–Crippen MR) is 132 cm³/mol. The van der Waals surface area contributed by atoms with Crippen LogP contribution in [-0.4, -0.2) is 39.9 Å². The lowest BCUT2D eigenvalue weighted by Crippen LogP contribution is -2.36. The number of fused-ring (bicyclic) bond motifs is 3. The van der Waals surface area contributed by atoms with Gasteiger partial charge in [0.2, 0.25) is 23.2 Å². The Balaban J connectivity index is 1.86. The number of methoxy groups -OCH3 is 1. The summed E-state index contributed by atoms with van der Waals surface area (Å²) in [5.74, 6) is 0.994. The van der Waals surface area contributed by atoms with Crippen LogP contribution in [0.3, 0.4) is 0 Å². The molecule has 3 aromatic rings. The van der Waals surface area contributed by atoms with Crippen LogP contribution in [0.5, 0.6) is 17.4 Å². The Hall–Kier alpha value is -3.66. The third-order valence-electron chi connectivity index (χ3n) is 5.31. The molecule has 0 bridgehead atoms. The van der Waals surface area contributed by atoms with Crippen molar-refractivity contribution in [3.8, 4) is 28.6 Å². The van der Waals surface area contributed by atoms with E-state index in [1.54, 1.807) is 18.2 Å². The molecule has 2 heterocycles. The van der Waals surface area contributed by atoms with Crippen LogP contribution in [0.1, 0.15) is 45.4 Å². The number of unbranched alkanes of at least 4 members (excludes halogenated alkanes) is 1. The Kier molecular flexibility index (Phi) is 7.50. The van der Waals surface area contributed by atoms with Gasteiger partial charge < -0.3 is 14.2 Å². The van der Waals surface area contributed by atoms with Gasteiger partial charge >= 0.3 is 5.97 Å². The third-order valence-corrected chi connectivity index (χ3v) is 6.23. The molecule has 10 heteroatoms. The molecule has 1 aliphatic rings. The van der Waals surface area contributed by atoms with Gasteiger partial charge in [0.05, 0.1) is 12.8 Å². The van der Waals surface area contributed by atoms with Crippen molar-refractivity contribution in [2.24, 2.45) is 0 Å². The maximum absolute atomic E-state index is 13.0. The van der Waals surface area contributed by atoms with E-state index < -0.39 is 12.2 Å². The summed E-state index contributed by atoms with van der Waals surface area (Å²) in [4.78, 5) is 30.8. The number of para-hydroxylation sites is 1. The van der Waals surface area contributed by atoms with Gasteiger partial charge in [0.1, 0.15) is 0 Å². The predicted octanol–water partition coefficient (Wildman–Crippen LogP) is 4.81. The number of benzene rings is 2. The summed E-state index contributed by atoms with van der Waals surface area (Å²) in [6.07, 6.45) is 1.19. The van der Waals surface area contributed by atoms with Crippen molar-refractivity contribution in [1.29, 1.82) is 0 Å². The molecule has 35 heavy (non-hydrogen) atoms. The Morgan fingerprint density at radius 2 is 1.91 bits per heavy atom. The summed E-state index contributed by atoms with van der Waals surface area (Å²) in [6.45, 7) is 4.89. The van der Waals surface area contributed by atoms with Gasteiger partial charge in [-0.25, -0.2) is 0 Å². The third kappa shape index (κ3) is 5.22. The summed E-state index contributed by atoms with van der Waals surface area (Å²) in [5, 5.41) is 9.21. The SMILES string of the molecule is CCCCSc1nnc2c(n1)OC(c1ccc(OC)c(OC(C)=O)c1)N(C(C)=O)c1ccccc1-2. The van der Waals surface area contributed by atoms with Gasteiger partial charge in [0.15, 0.2) is 17.2 Å². The molecule has 1 aromatic heterocycles. The van der Waals surface area contributed by atoms with E-state index in [9.17, 15) is 9.59 Å². The molecule has 1 atom stereocenters. The highest BCUT2D eigenvalue weighted by Crippen LogP contribution is 2.44. The van der Waals surface area contributed by atoms with Crippen molar-refractivity contribution >= 4 is 29.3 Å². The lowest BCUT2D eigenvalue weighted by molar-refractivity contribution is -0.132. The number of hydrogen-bond donors (Lipinski definition) is 0. The number of hydrogen-bond acceptors (Lipinski definition) is 9. The summed E-state index contributed by atoms with van der Waals surface area (Å²) < 4.78 is 17.1. The average Bonchev–Trinajstić information content (AvgIpc) is 2.98. The highest BCUT2D eigenvalue weighted by atomic mass is 32.2. The molecule has 0 aliphatic carbocycles. The van der Waals surface area contributed by atoms with Crippen LogP contribution in [-0.2, 0) is 9.59 Å². The quantitative estimate of drug-likeness (QED) is 0.198. The standard InChI is InChI=1S/C25H26N4O5S/c1-5-6-13-35-25-26-23-22(27-28-25)18-9-7-8-10-19(18)29(15(2)30)24(34-23)17-11-12-20(32-4)21(14-17)33-16(3)31/h7-12,14,24H,5-6,13H2,1-4H3. The number of ether oxygens (including phenoxy) is 3. The molecule has 0 N–H and O–H groups in total. The van der Waals surface area contributed by atoms with Gasteiger partial charge in [-0.1, -0.05) is 43.3 Å². The minimum absolute atomic E-state index is 0.221. The van der Waals surface area contributed by atoms with Crippen LogP contribution >= 0.6 is 11.8 Å². The fourth-order valence-electron chi connectivity index (χ4n) is 3.72. The maximum Gasteiger partial charge on any atom is 0.308 e. The zero-order valence-electron chi connectivity index (χ0n) is 20.0. The molecule has 0 radical (unpaired) electrons. The summed E-state index contributed by atoms with van der Waals surface area (Å²) >= 11 is 1.50. The van der Waals surface area contributed by atoms with Gasteiger partial charge in [0.25, 0.3) is 0 Å². The number of aromatic nitrogens is 3. The first-order chi connectivity index (χ1) is 16.9. The van der Waals surface area contributed by atoms with Crippen LogP contribution in [0, 0.1) is 0 Å². The molecule has 4 rings (SSSR count). The van der Waals surface area contributed by atoms with Crippen molar-refractivity contribution in [2.75, 3.05) is 17.8 Å². The van der Waals surface area contributed by atoms with E-state index in [0.29, 0.717) is 33.4 Å². The molecule has 1 unspecified atom stereocenters. The molecule has 0 fully saturated rings. The lowest BCUT2D eigenvalue weighted by Gasteiger charge is -2.30. The number of esters is 1. The molecular formula is C25H26N4O5S. The summed E-state index contributed by atoms with van der Waals surface area (Å²) in [6, 6.07) is 12.4. The molecule has 1 amide bonds. The van der Waals surface area contributed by atoms with Crippen LogP contribution in [0.4, 0.5) is 5.69 Å². The minimum Gasteiger partial charge on any atom is -0.493 e. The van der Waals surface area contributed by atoms with E-state index in [2.05, 4.69) is 22.1 Å². The van der Waals surface area contributed by atoms with Crippen molar-refractivity contribution in [2.45, 2.75) is 45.0 Å². The van der Waals surface area contributed by atoms with Crippen LogP contribution in [0.25, 0.3) is 11.3 Å². The first-order valence-corrected chi connectivity index (χ1v) is 12.2. The summed E-state index contributed by atoms with van der Waals surface area (Å²) in [7, 11) is 1.48. The molecule has 1 aliphatic heterocycles. The van der Waals surface area contributed by atoms with E-state index in [4.69, 9.17) is 14.2 Å². The van der Waals surface area contributed by atoms with Crippen molar-refractivity contribution in [3.05, 3.63) is 48.0 Å². The van der Waals surface area contributed by atoms with E-state index >= 15 is 0 Å². The lowest BCUT2D eigenvalue weighted by atomic mass is 10.1. The minimum atomic E-state index is -0.902. The fraction of sp³-hybridized carbons (Fsp3) is 0.320. The second-order valence-corrected chi connectivity index (χ2v) is 8.89. The monoisotopic (exact) mass is 494 g/mol. The zero-order chi connectivity index (χ0) is 24.9. The second-order valence-electron chi connectivity index (χ2n) is 7.83.